The molecular weight excluding hydrogens is 330 g/mol. The molecule has 0 unspecified atom stereocenters. The molecule has 0 fully saturated rings. The molecule has 0 spiro atoms. The second kappa shape index (κ2) is 8.12. The number of carbonyl (C=O) groups excluding carboxylic acids is 1. The van der Waals surface area contributed by atoms with Gasteiger partial charge in [-0.25, -0.2) is 0 Å². The Balaban J connectivity index is 1.58. The summed E-state index contributed by atoms with van der Waals surface area (Å²) in [5, 5.41) is 11.8. The average molecular weight is 353 g/mol. The minimum Gasteiger partial charge on any atom is -0.352 e. The molecule has 2 aromatic heterocycles. The lowest BCUT2D eigenvalue weighted by Gasteiger charge is -2.07. The van der Waals surface area contributed by atoms with Gasteiger partial charge in [-0.3, -0.25) is 9.48 Å². The molecule has 4 nitrogen and oxygen atoms in total. The zero-order chi connectivity index (χ0) is 17.6. The summed E-state index contributed by atoms with van der Waals surface area (Å²) in [6.45, 7) is 5.35. The molecule has 130 valence electrons. The van der Waals surface area contributed by atoms with Gasteiger partial charge in [0.1, 0.15) is 0 Å². The first kappa shape index (κ1) is 17.4. The summed E-state index contributed by atoms with van der Waals surface area (Å²) in [5.74, 6) is 0.0841. The first-order valence-corrected chi connectivity index (χ1v) is 9.42. The van der Waals surface area contributed by atoms with Crippen LogP contribution in [0.5, 0.6) is 0 Å². The maximum Gasteiger partial charge on any atom is 0.220 e. The molecule has 0 aliphatic heterocycles. The molecule has 2 heterocycles. The summed E-state index contributed by atoms with van der Waals surface area (Å²) in [7, 11) is 0. The molecule has 0 saturated carbocycles. The Morgan fingerprint density at radius 2 is 1.96 bits per heavy atom. The minimum absolute atomic E-state index is 0.0841. The predicted octanol–water partition coefficient (Wildman–Crippen LogP) is 3.86. The van der Waals surface area contributed by atoms with E-state index in [-0.39, 0.29) is 5.91 Å². The number of benzene rings is 1. The minimum atomic E-state index is 0.0841. The summed E-state index contributed by atoms with van der Waals surface area (Å²) < 4.78 is 2.01. The molecule has 0 saturated heterocycles. The highest BCUT2D eigenvalue weighted by Gasteiger charge is 2.13. The van der Waals surface area contributed by atoms with Crippen molar-refractivity contribution in [3.05, 3.63) is 75.2 Å². The van der Waals surface area contributed by atoms with Gasteiger partial charge in [-0.05, 0) is 48.2 Å². The summed E-state index contributed by atoms with van der Waals surface area (Å²) >= 11 is 1.67. The molecular formula is C20H23N3OS. The van der Waals surface area contributed by atoms with Crippen LogP contribution in [0.4, 0.5) is 0 Å². The van der Waals surface area contributed by atoms with Crippen molar-refractivity contribution in [1.29, 1.82) is 0 Å². The fourth-order valence-corrected chi connectivity index (χ4v) is 3.57. The van der Waals surface area contributed by atoms with Crippen molar-refractivity contribution in [3.63, 3.8) is 0 Å². The Labute approximate surface area is 152 Å². The van der Waals surface area contributed by atoms with Crippen molar-refractivity contribution in [1.82, 2.24) is 15.1 Å². The van der Waals surface area contributed by atoms with Crippen LogP contribution in [0.1, 0.15) is 34.5 Å². The van der Waals surface area contributed by atoms with E-state index in [9.17, 15) is 4.79 Å². The molecule has 25 heavy (non-hydrogen) atoms. The van der Waals surface area contributed by atoms with E-state index >= 15 is 0 Å². The van der Waals surface area contributed by atoms with Gasteiger partial charge >= 0.3 is 0 Å². The van der Waals surface area contributed by atoms with Crippen LogP contribution in [0, 0.1) is 13.8 Å². The Bertz CT molecular complexity index is 822. The van der Waals surface area contributed by atoms with Crippen LogP contribution in [-0.4, -0.2) is 15.7 Å². The van der Waals surface area contributed by atoms with Gasteiger partial charge in [0, 0.05) is 24.2 Å². The van der Waals surface area contributed by atoms with Crippen molar-refractivity contribution in [2.24, 2.45) is 0 Å². The summed E-state index contributed by atoms with van der Waals surface area (Å²) in [6.07, 6.45) is 1.31. The molecule has 3 aromatic rings. The highest BCUT2D eigenvalue weighted by molar-refractivity contribution is 7.07. The summed E-state index contributed by atoms with van der Waals surface area (Å²) in [5.41, 5.74) is 5.65. The monoisotopic (exact) mass is 353 g/mol. The van der Waals surface area contributed by atoms with E-state index < -0.39 is 0 Å². The fourth-order valence-electron chi connectivity index (χ4n) is 2.87. The van der Waals surface area contributed by atoms with Gasteiger partial charge in [-0.2, -0.15) is 16.4 Å². The van der Waals surface area contributed by atoms with E-state index in [1.165, 1.54) is 11.1 Å². The topological polar surface area (TPSA) is 46.9 Å². The van der Waals surface area contributed by atoms with E-state index in [1.54, 1.807) is 11.3 Å². The highest BCUT2D eigenvalue weighted by atomic mass is 32.1. The zero-order valence-corrected chi connectivity index (χ0v) is 15.5. The molecule has 0 atom stereocenters. The van der Waals surface area contributed by atoms with Gasteiger partial charge in [0.25, 0.3) is 0 Å². The van der Waals surface area contributed by atoms with Crippen molar-refractivity contribution >= 4 is 17.2 Å². The van der Waals surface area contributed by atoms with Crippen molar-refractivity contribution in [2.45, 2.75) is 39.8 Å². The van der Waals surface area contributed by atoms with Crippen LogP contribution in [0.15, 0.2) is 47.2 Å². The molecule has 3 rings (SSSR count). The zero-order valence-electron chi connectivity index (χ0n) is 14.7. The van der Waals surface area contributed by atoms with Gasteiger partial charge in [0.2, 0.25) is 5.91 Å². The molecule has 1 amide bonds. The van der Waals surface area contributed by atoms with Crippen LogP contribution >= 0.6 is 11.3 Å². The van der Waals surface area contributed by atoms with Crippen molar-refractivity contribution < 1.29 is 4.79 Å². The quantitative estimate of drug-likeness (QED) is 0.701. The van der Waals surface area contributed by atoms with Gasteiger partial charge < -0.3 is 5.32 Å². The number of nitrogens with zero attached hydrogens (tertiary/aromatic N) is 2. The van der Waals surface area contributed by atoms with Gasteiger partial charge in [-0.1, -0.05) is 30.3 Å². The largest absolute Gasteiger partial charge is 0.352 e. The first-order valence-electron chi connectivity index (χ1n) is 8.48. The van der Waals surface area contributed by atoms with Gasteiger partial charge in [0.05, 0.1) is 12.2 Å². The van der Waals surface area contributed by atoms with E-state index in [0.717, 1.165) is 29.9 Å². The molecule has 1 N–H and O–H groups in total. The normalized spacial score (nSPS) is 10.8. The Kier molecular flexibility index (Phi) is 5.66. The molecule has 1 aromatic carbocycles. The van der Waals surface area contributed by atoms with Gasteiger partial charge in [0.15, 0.2) is 0 Å². The highest BCUT2D eigenvalue weighted by Crippen LogP contribution is 2.15. The number of aryl methyl sites for hydroxylation is 2. The molecule has 0 radical (unpaired) electrons. The Hall–Kier alpha value is -2.40. The second-order valence-electron chi connectivity index (χ2n) is 6.20. The average Bonchev–Trinajstić information content (AvgIpc) is 3.22. The lowest BCUT2D eigenvalue weighted by molar-refractivity contribution is -0.121. The summed E-state index contributed by atoms with van der Waals surface area (Å²) in [4.78, 5) is 12.1. The van der Waals surface area contributed by atoms with Gasteiger partial charge in [-0.15, -0.1) is 0 Å². The second-order valence-corrected chi connectivity index (χ2v) is 6.98. The van der Waals surface area contributed by atoms with Crippen molar-refractivity contribution in [3.8, 4) is 0 Å². The van der Waals surface area contributed by atoms with E-state index in [2.05, 4.69) is 40.9 Å². The maximum atomic E-state index is 12.1. The number of amides is 1. The SMILES string of the molecule is Cc1nn(Cc2ccccc2)c(C)c1CNC(=O)CCc1ccsc1. The number of aromatic nitrogens is 2. The van der Waals surface area contributed by atoms with Crippen LogP contribution in [-0.2, 0) is 24.3 Å². The van der Waals surface area contributed by atoms with Crippen LogP contribution in [0.25, 0.3) is 0 Å². The predicted molar refractivity (Wildman–Crippen MR) is 102 cm³/mol. The lowest BCUT2D eigenvalue weighted by Crippen LogP contribution is -2.23. The third kappa shape index (κ3) is 4.57. The van der Waals surface area contributed by atoms with Crippen LogP contribution in [0.3, 0.4) is 0 Å². The lowest BCUT2D eigenvalue weighted by atomic mass is 10.1. The molecule has 0 bridgehead atoms. The number of rotatable bonds is 7. The van der Waals surface area contributed by atoms with E-state index in [1.807, 2.05) is 35.2 Å². The summed E-state index contributed by atoms with van der Waals surface area (Å²) in [6, 6.07) is 12.4. The third-order valence-electron chi connectivity index (χ3n) is 4.39. The van der Waals surface area contributed by atoms with E-state index in [4.69, 9.17) is 0 Å². The number of hydrogen-bond donors (Lipinski definition) is 1. The van der Waals surface area contributed by atoms with Crippen molar-refractivity contribution in [2.75, 3.05) is 0 Å². The number of carbonyl (C=O) groups is 1. The Morgan fingerprint density at radius 1 is 1.16 bits per heavy atom. The first-order chi connectivity index (χ1) is 12.1. The standard InChI is InChI=1S/C20H23N3OS/c1-15-19(12-21-20(24)9-8-18-10-11-25-14-18)16(2)23(22-15)13-17-6-4-3-5-7-17/h3-7,10-11,14H,8-9,12-13H2,1-2H3,(H,21,24). The smallest absolute Gasteiger partial charge is 0.220 e. The van der Waals surface area contributed by atoms with Crippen LogP contribution < -0.4 is 5.32 Å². The van der Waals surface area contributed by atoms with Crippen LogP contribution in [0.2, 0.25) is 0 Å². The fraction of sp³-hybridized carbons (Fsp3) is 0.300. The Morgan fingerprint density at radius 3 is 2.68 bits per heavy atom. The molecule has 0 aliphatic carbocycles. The van der Waals surface area contributed by atoms with E-state index in [0.29, 0.717) is 13.0 Å². The number of nitrogens with one attached hydrogen (secondary N) is 1. The number of hydrogen-bond acceptors (Lipinski definition) is 3. The maximum absolute atomic E-state index is 12.1. The molecule has 0 aliphatic rings. The number of thiophene rings is 1. The third-order valence-corrected chi connectivity index (χ3v) is 5.12. The molecule has 5 heteroatoms.